The maximum atomic E-state index is 11.4. The zero-order valence-electron chi connectivity index (χ0n) is 11.4. The molecule has 3 nitrogen and oxygen atoms in total. The minimum Gasteiger partial charge on any atom is -0.268 e. The highest BCUT2D eigenvalue weighted by Crippen LogP contribution is 2.23. The van der Waals surface area contributed by atoms with Crippen molar-refractivity contribution in [1.29, 1.82) is 0 Å². The zero-order chi connectivity index (χ0) is 13.3. The molecule has 1 heterocycles. The monoisotopic (exact) mass is 244 g/mol. The SMILES string of the molecule is CCc1cc(=O)[nH]n1-c1ccc(C(C)(C)C)cc1. The van der Waals surface area contributed by atoms with Crippen molar-refractivity contribution in [2.75, 3.05) is 0 Å². The maximum absolute atomic E-state index is 11.4. The minimum atomic E-state index is -0.0493. The molecule has 0 bridgehead atoms. The van der Waals surface area contributed by atoms with Gasteiger partial charge in [0, 0.05) is 11.8 Å². The van der Waals surface area contributed by atoms with Crippen LogP contribution in [0.4, 0.5) is 0 Å². The Balaban J connectivity index is 2.43. The first-order chi connectivity index (χ1) is 8.41. The molecular formula is C15H20N2O. The van der Waals surface area contributed by atoms with Gasteiger partial charge in [0.05, 0.1) is 5.69 Å². The largest absolute Gasteiger partial charge is 0.268 e. The van der Waals surface area contributed by atoms with Crippen LogP contribution in [0.15, 0.2) is 35.1 Å². The molecule has 1 aromatic heterocycles. The fourth-order valence-corrected chi connectivity index (χ4v) is 2.03. The molecule has 0 spiro atoms. The Morgan fingerprint density at radius 2 is 1.78 bits per heavy atom. The third kappa shape index (κ3) is 2.40. The summed E-state index contributed by atoms with van der Waals surface area (Å²) in [6, 6.07) is 9.99. The molecule has 0 saturated heterocycles. The number of aryl methyl sites for hydroxylation is 1. The number of H-pyrrole nitrogens is 1. The lowest BCUT2D eigenvalue weighted by atomic mass is 9.87. The van der Waals surface area contributed by atoms with Crippen molar-refractivity contribution in [3.05, 3.63) is 51.9 Å². The van der Waals surface area contributed by atoms with Crippen LogP contribution in [-0.2, 0) is 11.8 Å². The van der Waals surface area contributed by atoms with Crippen LogP contribution in [0.25, 0.3) is 5.69 Å². The minimum absolute atomic E-state index is 0.0493. The van der Waals surface area contributed by atoms with Crippen LogP contribution in [-0.4, -0.2) is 9.78 Å². The van der Waals surface area contributed by atoms with E-state index < -0.39 is 0 Å². The van der Waals surface area contributed by atoms with Crippen molar-refractivity contribution >= 4 is 0 Å². The predicted molar refractivity (Wildman–Crippen MR) is 74.5 cm³/mol. The van der Waals surface area contributed by atoms with Crippen LogP contribution >= 0.6 is 0 Å². The second kappa shape index (κ2) is 4.48. The molecule has 2 aromatic rings. The lowest BCUT2D eigenvalue weighted by Gasteiger charge is -2.19. The van der Waals surface area contributed by atoms with Crippen molar-refractivity contribution in [2.45, 2.75) is 39.5 Å². The summed E-state index contributed by atoms with van der Waals surface area (Å²) in [7, 11) is 0. The molecular weight excluding hydrogens is 224 g/mol. The third-order valence-electron chi connectivity index (χ3n) is 3.16. The Kier molecular flexibility index (Phi) is 3.16. The smallest absolute Gasteiger partial charge is 0.264 e. The van der Waals surface area contributed by atoms with Gasteiger partial charge in [-0.05, 0) is 29.5 Å². The van der Waals surface area contributed by atoms with Gasteiger partial charge in [0.15, 0.2) is 0 Å². The first-order valence-electron chi connectivity index (χ1n) is 6.33. The van der Waals surface area contributed by atoms with Gasteiger partial charge in [0.25, 0.3) is 5.56 Å². The van der Waals surface area contributed by atoms with E-state index in [1.807, 2.05) is 11.6 Å². The average Bonchev–Trinajstić information content (AvgIpc) is 2.69. The summed E-state index contributed by atoms with van der Waals surface area (Å²) in [5.41, 5.74) is 3.40. The highest BCUT2D eigenvalue weighted by atomic mass is 16.1. The van der Waals surface area contributed by atoms with E-state index in [9.17, 15) is 4.79 Å². The Labute approximate surface area is 107 Å². The molecule has 0 saturated carbocycles. The van der Waals surface area contributed by atoms with Crippen molar-refractivity contribution in [3.8, 4) is 5.69 Å². The first kappa shape index (κ1) is 12.7. The average molecular weight is 244 g/mol. The van der Waals surface area contributed by atoms with E-state index in [1.165, 1.54) is 5.56 Å². The Morgan fingerprint density at radius 1 is 1.17 bits per heavy atom. The number of hydrogen-bond donors (Lipinski definition) is 1. The van der Waals surface area contributed by atoms with Crippen LogP contribution in [0.1, 0.15) is 39.0 Å². The van der Waals surface area contributed by atoms with E-state index in [1.54, 1.807) is 6.07 Å². The number of benzene rings is 1. The number of nitrogens with zero attached hydrogens (tertiary/aromatic N) is 1. The topological polar surface area (TPSA) is 37.8 Å². The number of rotatable bonds is 2. The van der Waals surface area contributed by atoms with Gasteiger partial charge < -0.3 is 0 Å². The summed E-state index contributed by atoms with van der Waals surface area (Å²) >= 11 is 0. The Bertz CT molecular complexity index is 582. The third-order valence-corrected chi connectivity index (χ3v) is 3.16. The summed E-state index contributed by atoms with van der Waals surface area (Å²) in [5, 5.41) is 2.83. The molecule has 0 aliphatic carbocycles. The molecule has 96 valence electrons. The fraction of sp³-hybridized carbons (Fsp3) is 0.400. The van der Waals surface area contributed by atoms with E-state index in [-0.39, 0.29) is 11.0 Å². The Hall–Kier alpha value is -1.77. The second-order valence-corrected chi connectivity index (χ2v) is 5.60. The summed E-state index contributed by atoms with van der Waals surface area (Å²) < 4.78 is 1.86. The van der Waals surface area contributed by atoms with Gasteiger partial charge in [-0.3, -0.25) is 14.6 Å². The van der Waals surface area contributed by atoms with E-state index in [0.717, 1.165) is 17.8 Å². The lowest BCUT2D eigenvalue weighted by Crippen LogP contribution is -2.11. The molecule has 0 fully saturated rings. The van der Waals surface area contributed by atoms with Gasteiger partial charge in [-0.15, -0.1) is 0 Å². The van der Waals surface area contributed by atoms with Gasteiger partial charge in [-0.1, -0.05) is 39.8 Å². The molecule has 0 atom stereocenters. The van der Waals surface area contributed by atoms with E-state index in [4.69, 9.17) is 0 Å². The quantitative estimate of drug-likeness (QED) is 0.866. The molecule has 1 N–H and O–H groups in total. The van der Waals surface area contributed by atoms with Crippen LogP contribution in [0.5, 0.6) is 0 Å². The van der Waals surface area contributed by atoms with Crippen LogP contribution in [0.3, 0.4) is 0 Å². The van der Waals surface area contributed by atoms with Crippen LogP contribution in [0, 0.1) is 0 Å². The molecule has 18 heavy (non-hydrogen) atoms. The van der Waals surface area contributed by atoms with E-state index in [2.05, 4.69) is 50.1 Å². The fourth-order valence-electron chi connectivity index (χ4n) is 2.03. The summed E-state index contributed by atoms with van der Waals surface area (Å²) in [5.74, 6) is 0. The summed E-state index contributed by atoms with van der Waals surface area (Å²) in [4.78, 5) is 11.4. The number of hydrogen-bond acceptors (Lipinski definition) is 1. The van der Waals surface area contributed by atoms with Gasteiger partial charge in [0.1, 0.15) is 0 Å². The van der Waals surface area contributed by atoms with Crippen molar-refractivity contribution in [2.24, 2.45) is 0 Å². The van der Waals surface area contributed by atoms with Gasteiger partial charge >= 0.3 is 0 Å². The lowest BCUT2D eigenvalue weighted by molar-refractivity contribution is 0.590. The summed E-state index contributed by atoms with van der Waals surface area (Å²) in [6.07, 6.45) is 0.833. The van der Waals surface area contributed by atoms with Gasteiger partial charge in [0.2, 0.25) is 0 Å². The predicted octanol–water partition coefficient (Wildman–Crippen LogP) is 3.03. The molecule has 1 aromatic carbocycles. The summed E-state index contributed by atoms with van der Waals surface area (Å²) in [6.45, 7) is 8.62. The second-order valence-electron chi connectivity index (χ2n) is 5.60. The number of aromatic nitrogens is 2. The van der Waals surface area contributed by atoms with Crippen molar-refractivity contribution in [3.63, 3.8) is 0 Å². The van der Waals surface area contributed by atoms with E-state index in [0.29, 0.717) is 0 Å². The zero-order valence-corrected chi connectivity index (χ0v) is 11.4. The number of aromatic amines is 1. The van der Waals surface area contributed by atoms with Crippen LogP contribution < -0.4 is 5.56 Å². The van der Waals surface area contributed by atoms with Crippen LogP contribution in [0.2, 0.25) is 0 Å². The van der Waals surface area contributed by atoms with Crippen molar-refractivity contribution < 1.29 is 0 Å². The maximum Gasteiger partial charge on any atom is 0.264 e. The molecule has 0 amide bonds. The van der Waals surface area contributed by atoms with Crippen molar-refractivity contribution in [1.82, 2.24) is 9.78 Å². The Morgan fingerprint density at radius 3 is 2.28 bits per heavy atom. The van der Waals surface area contributed by atoms with E-state index >= 15 is 0 Å². The first-order valence-corrected chi connectivity index (χ1v) is 6.33. The normalized spacial score (nSPS) is 11.8. The highest BCUT2D eigenvalue weighted by Gasteiger charge is 2.13. The molecule has 0 radical (unpaired) electrons. The molecule has 0 aliphatic heterocycles. The molecule has 0 aliphatic rings. The molecule has 3 heteroatoms. The molecule has 0 unspecified atom stereocenters. The van der Waals surface area contributed by atoms with Gasteiger partial charge in [-0.2, -0.15) is 0 Å². The number of nitrogens with one attached hydrogen (secondary N) is 1. The highest BCUT2D eigenvalue weighted by molar-refractivity contribution is 5.37. The molecule has 2 rings (SSSR count). The standard InChI is InChI=1S/C15H20N2O/c1-5-12-10-14(18)16-17(12)13-8-6-11(7-9-13)15(2,3)4/h6-10H,5H2,1-4H3,(H,16,18). The van der Waals surface area contributed by atoms with Gasteiger partial charge in [-0.25, -0.2) is 0 Å².